The van der Waals surface area contributed by atoms with Crippen molar-refractivity contribution in [3.8, 4) is 5.75 Å². The van der Waals surface area contributed by atoms with Gasteiger partial charge in [-0.05, 0) is 48.3 Å². The fraction of sp³-hybridized carbons (Fsp3) is 0.600. The van der Waals surface area contributed by atoms with Gasteiger partial charge in [0.25, 0.3) is 0 Å². The normalized spacial score (nSPS) is 13.1. The van der Waals surface area contributed by atoms with Crippen molar-refractivity contribution in [2.24, 2.45) is 0 Å². The van der Waals surface area contributed by atoms with Crippen LogP contribution in [-0.2, 0) is 36.5 Å². The molecule has 1 aromatic carbocycles. The standard InChI is InChI=1S/C20H32O6Si/c1-8-24-19(23)18(26-14(2)21)12-16-11-15(9-10-17(16)22)13-25-27(6,7)20(3,4)5/h9-11,18,22H,8,12-13H2,1-7H3/t18-/m1/s1. The molecule has 0 bridgehead atoms. The van der Waals surface area contributed by atoms with Crippen molar-refractivity contribution in [1.29, 1.82) is 0 Å². The molecule has 1 aromatic rings. The van der Waals surface area contributed by atoms with Crippen LogP contribution < -0.4 is 0 Å². The highest BCUT2D eigenvalue weighted by molar-refractivity contribution is 6.74. The van der Waals surface area contributed by atoms with Crippen LogP contribution in [0.5, 0.6) is 5.75 Å². The van der Waals surface area contributed by atoms with Gasteiger partial charge in [0.15, 0.2) is 8.32 Å². The lowest BCUT2D eigenvalue weighted by Crippen LogP contribution is -2.40. The Morgan fingerprint density at radius 1 is 1.22 bits per heavy atom. The molecule has 0 fully saturated rings. The second kappa shape index (κ2) is 9.37. The van der Waals surface area contributed by atoms with Gasteiger partial charge in [-0.25, -0.2) is 4.79 Å². The molecule has 152 valence electrons. The molecule has 0 aromatic heterocycles. The predicted molar refractivity (Wildman–Crippen MR) is 106 cm³/mol. The molecule has 1 rings (SSSR count). The lowest BCUT2D eigenvalue weighted by molar-refractivity contribution is -0.166. The maximum absolute atomic E-state index is 12.0. The van der Waals surface area contributed by atoms with Crippen LogP contribution in [0.1, 0.15) is 45.7 Å². The van der Waals surface area contributed by atoms with Crippen molar-refractivity contribution >= 4 is 20.3 Å². The number of benzene rings is 1. The number of aromatic hydroxyl groups is 1. The third kappa shape index (κ3) is 6.99. The molecule has 0 spiro atoms. The molecule has 0 aliphatic heterocycles. The van der Waals surface area contributed by atoms with Crippen LogP contribution >= 0.6 is 0 Å². The summed E-state index contributed by atoms with van der Waals surface area (Å²) in [6.45, 7) is 14.4. The van der Waals surface area contributed by atoms with Crippen LogP contribution in [0.15, 0.2) is 18.2 Å². The zero-order valence-electron chi connectivity index (χ0n) is 17.4. The molecule has 1 atom stereocenters. The molecule has 0 unspecified atom stereocenters. The topological polar surface area (TPSA) is 82.1 Å². The van der Waals surface area contributed by atoms with E-state index in [9.17, 15) is 14.7 Å². The van der Waals surface area contributed by atoms with Crippen molar-refractivity contribution in [1.82, 2.24) is 0 Å². The first-order chi connectivity index (χ1) is 12.4. The molecule has 1 N–H and O–H groups in total. The maximum atomic E-state index is 12.0. The number of phenolic OH excluding ortho intramolecular Hbond substituents is 1. The number of carbonyl (C=O) groups excluding carboxylic acids is 2. The van der Waals surface area contributed by atoms with Crippen molar-refractivity contribution in [3.63, 3.8) is 0 Å². The Labute approximate surface area is 163 Å². The molecular formula is C20H32O6Si. The van der Waals surface area contributed by atoms with Crippen LogP contribution in [0.25, 0.3) is 0 Å². The quantitative estimate of drug-likeness (QED) is 0.529. The van der Waals surface area contributed by atoms with E-state index < -0.39 is 26.4 Å². The first-order valence-corrected chi connectivity index (χ1v) is 12.1. The second-order valence-corrected chi connectivity index (χ2v) is 12.9. The minimum absolute atomic E-state index is 0.0347. The number of rotatable bonds is 8. The molecular weight excluding hydrogens is 364 g/mol. The van der Waals surface area contributed by atoms with Crippen LogP contribution in [0.4, 0.5) is 0 Å². The van der Waals surface area contributed by atoms with E-state index in [-0.39, 0.29) is 23.8 Å². The van der Waals surface area contributed by atoms with E-state index in [2.05, 4.69) is 33.9 Å². The van der Waals surface area contributed by atoms with E-state index in [1.54, 1.807) is 25.1 Å². The first-order valence-electron chi connectivity index (χ1n) is 9.16. The molecule has 0 saturated heterocycles. The minimum atomic E-state index is -1.91. The Kier molecular flexibility index (Phi) is 8.04. The number of hydrogen-bond donors (Lipinski definition) is 1. The fourth-order valence-corrected chi connectivity index (χ4v) is 3.14. The smallest absolute Gasteiger partial charge is 0.347 e. The highest BCUT2D eigenvalue weighted by atomic mass is 28.4. The van der Waals surface area contributed by atoms with Gasteiger partial charge >= 0.3 is 11.9 Å². The van der Waals surface area contributed by atoms with Gasteiger partial charge < -0.3 is 19.0 Å². The predicted octanol–water partition coefficient (Wildman–Crippen LogP) is 3.95. The summed E-state index contributed by atoms with van der Waals surface area (Å²) in [5, 5.41) is 10.3. The Morgan fingerprint density at radius 3 is 2.37 bits per heavy atom. The van der Waals surface area contributed by atoms with Crippen molar-refractivity contribution in [2.45, 2.75) is 71.9 Å². The summed E-state index contributed by atoms with van der Waals surface area (Å²) in [4.78, 5) is 23.4. The molecule has 27 heavy (non-hydrogen) atoms. The molecule has 7 heteroatoms. The number of ether oxygens (including phenoxy) is 2. The summed E-state index contributed by atoms with van der Waals surface area (Å²) >= 11 is 0. The average Bonchev–Trinajstić information content (AvgIpc) is 2.53. The van der Waals surface area contributed by atoms with Gasteiger partial charge in [0.05, 0.1) is 13.2 Å². The maximum Gasteiger partial charge on any atom is 0.347 e. The lowest BCUT2D eigenvalue weighted by Gasteiger charge is -2.36. The van der Waals surface area contributed by atoms with E-state index in [4.69, 9.17) is 13.9 Å². The zero-order valence-corrected chi connectivity index (χ0v) is 18.4. The van der Waals surface area contributed by atoms with E-state index in [0.29, 0.717) is 12.2 Å². The summed E-state index contributed by atoms with van der Waals surface area (Å²) in [6, 6.07) is 5.13. The van der Waals surface area contributed by atoms with Gasteiger partial charge in [-0.2, -0.15) is 0 Å². The number of hydrogen-bond acceptors (Lipinski definition) is 6. The largest absolute Gasteiger partial charge is 0.508 e. The Balaban J connectivity index is 2.96. The van der Waals surface area contributed by atoms with Crippen LogP contribution in [-0.4, -0.2) is 38.1 Å². The van der Waals surface area contributed by atoms with Crippen LogP contribution in [0.3, 0.4) is 0 Å². The van der Waals surface area contributed by atoms with Crippen molar-refractivity contribution in [3.05, 3.63) is 29.3 Å². The van der Waals surface area contributed by atoms with Crippen LogP contribution in [0.2, 0.25) is 18.1 Å². The molecule has 0 aliphatic carbocycles. The van der Waals surface area contributed by atoms with Gasteiger partial charge in [0.1, 0.15) is 5.75 Å². The van der Waals surface area contributed by atoms with E-state index in [1.165, 1.54) is 6.92 Å². The molecule has 0 amide bonds. The van der Waals surface area contributed by atoms with Crippen LogP contribution in [0, 0.1) is 0 Å². The number of phenols is 1. The Morgan fingerprint density at radius 2 is 1.85 bits per heavy atom. The van der Waals surface area contributed by atoms with E-state index in [1.807, 2.05) is 0 Å². The highest BCUT2D eigenvalue weighted by Gasteiger charge is 2.37. The Hall–Kier alpha value is -1.86. The third-order valence-electron chi connectivity index (χ3n) is 4.81. The fourth-order valence-electron chi connectivity index (χ4n) is 2.18. The molecule has 6 nitrogen and oxygen atoms in total. The number of carbonyl (C=O) groups is 2. The molecule has 0 radical (unpaired) electrons. The highest BCUT2D eigenvalue weighted by Crippen LogP contribution is 2.37. The Bertz CT molecular complexity index is 663. The summed E-state index contributed by atoms with van der Waals surface area (Å²) < 4.78 is 16.2. The van der Waals surface area contributed by atoms with Gasteiger partial charge in [0.2, 0.25) is 6.10 Å². The van der Waals surface area contributed by atoms with Crippen molar-refractivity contribution in [2.75, 3.05) is 6.61 Å². The lowest BCUT2D eigenvalue weighted by atomic mass is 10.0. The summed E-state index contributed by atoms with van der Waals surface area (Å²) in [5.41, 5.74) is 1.39. The molecule has 0 saturated carbocycles. The zero-order chi connectivity index (χ0) is 20.8. The van der Waals surface area contributed by atoms with Crippen molar-refractivity contribution < 1.29 is 28.6 Å². The van der Waals surface area contributed by atoms with E-state index >= 15 is 0 Å². The average molecular weight is 397 g/mol. The van der Waals surface area contributed by atoms with E-state index in [0.717, 1.165) is 5.56 Å². The summed E-state index contributed by atoms with van der Waals surface area (Å²) in [6.07, 6.45) is -1.05. The van der Waals surface area contributed by atoms with Gasteiger partial charge in [-0.1, -0.05) is 26.8 Å². The minimum Gasteiger partial charge on any atom is -0.508 e. The van der Waals surface area contributed by atoms with Gasteiger partial charge in [-0.15, -0.1) is 0 Å². The summed E-state index contributed by atoms with van der Waals surface area (Å²) in [5.74, 6) is -1.17. The monoisotopic (exact) mass is 396 g/mol. The first kappa shape index (κ1) is 23.2. The van der Waals surface area contributed by atoms with Gasteiger partial charge in [-0.3, -0.25) is 4.79 Å². The summed E-state index contributed by atoms with van der Waals surface area (Å²) in [7, 11) is -1.91. The third-order valence-corrected chi connectivity index (χ3v) is 9.29. The van der Waals surface area contributed by atoms with Gasteiger partial charge in [0, 0.05) is 13.3 Å². The number of esters is 2. The molecule has 0 aliphatic rings. The molecule has 0 heterocycles. The second-order valence-electron chi connectivity index (χ2n) is 8.07. The SMILES string of the molecule is CCOC(=O)[C@@H](Cc1cc(CO[Si](C)(C)C(C)(C)C)ccc1O)OC(C)=O.